The highest BCUT2D eigenvalue weighted by Crippen LogP contribution is 2.48. The van der Waals surface area contributed by atoms with Gasteiger partial charge in [0.2, 0.25) is 17.6 Å². The van der Waals surface area contributed by atoms with E-state index in [-0.39, 0.29) is 6.10 Å². The van der Waals surface area contributed by atoms with Crippen molar-refractivity contribution in [3.8, 4) is 23.5 Å². The van der Waals surface area contributed by atoms with Crippen molar-refractivity contribution in [1.82, 2.24) is 20.0 Å². The van der Waals surface area contributed by atoms with Crippen molar-refractivity contribution in [3.63, 3.8) is 0 Å². The Bertz CT molecular complexity index is 1210. The van der Waals surface area contributed by atoms with Gasteiger partial charge in [0.1, 0.15) is 22.9 Å². The number of likely N-dealkylation sites (tertiary alicyclic amines) is 1. The maximum atomic E-state index is 9.71. The zero-order chi connectivity index (χ0) is 23.2. The molecule has 1 saturated heterocycles. The van der Waals surface area contributed by atoms with Crippen LogP contribution in [-0.2, 0) is 11.8 Å². The van der Waals surface area contributed by atoms with E-state index in [1.165, 1.54) is 17.8 Å². The summed E-state index contributed by atoms with van der Waals surface area (Å²) >= 11 is 1.49. The molecule has 4 heterocycles. The van der Waals surface area contributed by atoms with Gasteiger partial charge in [-0.15, -0.1) is 11.3 Å². The van der Waals surface area contributed by atoms with E-state index in [0.717, 1.165) is 42.7 Å². The molecule has 1 aliphatic carbocycles. The Labute approximate surface area is 197 Å². The number of thiophene rings is 1. The predicted octanol–water partition coefficient (Wildman–Crippen LogP) is 4.15. The summed E-state index contributed by atoms with van der Waals surface area (Å²) in [7, 11) is 2.14. The maximum Gasteiger partial charge on any atom is 0.237 e. The first-order valence-corrected chi connectivity index (χ1v) is 12.2. The molecule has 2 N–H and O–H groups in total. The third kappa shape index (κ3) is 3.77. The molecule has 9 heteroatoms. The van der Waals surface area contributed by atoms with Crippen LogP contribution in [0.25, 0.3) is 11.5 Å². The van der Waals surface area contributed by atoms with Gasteiger partial charge in [0.15, 0.2) is 0 Å². The number of nitrogens with zero attached hydrogens (tertiary/aromatic N) is 5. The highest BCUT2D eigenvalue weighted by atomic mass is 32.1. The lowest BCUT2D eigenvalue weighted by atomic mass is 9.72. The molecule has 3 aromatic heterocycles. The summed E-state index contributed by atoms with van der Waals surface area (Å²) in [5, 5.41) is 14.5. The van der Waals surface area contributed by atoms with Gasteiger partial charge in [-0.3, -0.25) is 4.90 Å². The molecule has 0 aromatic carbocycles. The number of aromatic nitrogens is 3. The average Bonchev–Trinajstić information content (AvgIpc) is 3.52. The van der Waals surface area contributed by atoms with Gasteiger partial charge in [0, 0.05) is 22.5 Å². The van der Waals surface area contributed by atoms with Crippen LogP contribution in [-0.4, -0.2) is 45.8 Å². The number of rotatable bonds is 5. The van der Waals surface area contributed by atoms with Crippen molar-refractivity contribution in [1.29, 1.82) is 5.26 Å². The molecule has 3 aromatic rings. The van der Waals surface area contributed by atoms with Gasteiger partial charge >= 0.3 is 0 Å². The fraction of sp³-hybridized carbons (Fsp3) is 0.500. The van der Waals surface area contributed by atoms with Gasteiger partial charge in [-0.2, -0.15) is 10.2 Å². The molecule has 0 saturated carbocycles. The number of likely N-dealkylation sites (N-methyl/N-ethyl adjacent to an activating group) is 1. The van der Waals surface area contributed by atoms with E-state index in [1.807, 2.05) is 18.2 Å². The number of nitrogens with two attached hydrogens (primary N) is 1. The number of nitrogen functional groups attached to an aromatic ring is 1. The highest BCUT2D eigenvalue weighted by molar-refractivity contribution is 7.16. The minimum atomic E-state index is -0.548. The molecule has 0 spiro atoms. The molecule has 0 radical (unpaired) electrons. The lowest BCUT2D eigenvalue weighted by molar-refractivity contribution is 0.117. The molecule has 8 nitrogen and oxygen atoms in total. The SMILES string of the molecule is C[C@H](Oc1cccc(-c2noc([C@@]3(C)CCCc4sc(N)c(C#N)c43)n2)n1)[C@@H]1CCCN1C. The molecule has 5 rings (SSSR count). The van der Waals surface area contributed by atoms with E-state index in [4.69, 9.17) is 20.0 Å². The fourth-order valence-corrected chi connectivity index (χ4v) is 6.46. The molecule has 3 atom stereocenters. The minimum absolute atomic E-state index is 0.0362. The van der Waals surface area contributed by atoms with Crippen molar-refractivity contribution in [2.75, 3.05) is 19.3 Å². The molecule has 0 unspecified atom stereocenters. The highest BCUT2D eigenvalue weighted by Gasteiger charge is 2.43. The molecule has 33 heavy (non-hydrogen) atoms. The monoisotopic (exact) mass is 464 g/mol. The van der Waals surface area contributed by atoms with E-state index >= 15 is 0 Å². The van der Waals surface area contributed by atoms with Crippen LogP contribution in [0.1, 0.15) is 61.4 Å². The molecule has 1 fully saturated rings. The molecule has 172 valence electrons. The number of hydrogen-bond donors (Lipinski definition) is 1. The Morgan fingerprint density at radius 2 is 2.21 bits per heavy atom. The number of pyridine rings is 1. The second-order valence-corrected chi connectivity index (χ2v) is 10.4. The summed E-state index contributed by atoms with van der Waals surface area (Å²) in [6, 6.07) is 8.28. The topological polar surface area (TPSA) is 114 Å². The molecule has 2 aliphatic rings. The normalized spacial score (nSPS) is 23.8. The Balaban J connectivity index is 1.42. The smallest absolute Gasteiger partial charge is 0.237 e. The molecule has 1 aliphatic heterocycles. The van der Waals surface area contributed by atoms with Crippen LogP contribution in [0.4, 0.5) is 5.00 Å². The van der Waals surface area contributed by atoms with Crippen molar-refractivity contribution in [2.45, 2.75) is 63.5 Å². The largest absolute Gasteiger partial charge is 0.473 e. The van der Waals surface area contributed by atoms with Gasteiger partial charge in [0.05, 0.1) is 11.0 Å². The lowest BCUT2D eigenvalue weighted by Gasteiger charge is -2.30. The molecule has 0 bridgehead atoms. The summed E-state index contributed by atoms with van der Waals surface area (Å²) in [4.78, 5) is 12.8. The van der Waals surface area contributed by atoms with Crippen LogP contribution in [0.15, 0.2) is 22.7 Å². The zero-order valence-corrected chi connectivity index (χ0v) is 20.0. The van der Waals surface area contributed by atoms with Crippen LogP contribution in [0.2, 0.25) is 0 Å². The first kappa shape index (κ1) is 21.9. The van der Waals surface area contributed by atoms with Crippen LogP contribution in [0, 0.1) is 11.3 Å². The van der Waals surface area contributed by atoms with Crippen LogP contribution in [0.3, 0.4) is 0 Å². The number of nitriles is 1. The van der Waals surface area contributed by atoms with Gasteiger partial charge < -0.3 is 15.0 Å². The van der Waals surface area contributed by atoms with Gasteiger partial charge in [-0.05, 0) is 65.6 Å². The standard InChI is InChI=1S/C24H28N6O2S/c1-14(17-8-6-12-30(17)3)31-19-10-4-7-16(27-19)22-28-23(32-29-22)24(2)11-5-9-18-20(24)15(13-25)21(26)33-18/h4,7,10,14,17H,5-6,8-9,11-12,26H2,1-3H3/t14-,17-,24-/m0/s1. The van der Waals surface area contributed by atoms with E-state index in [9.17, 15) is 5.26 Å². The zero-order valence-electron chi connectivity index (χ0n) is 19.2. The van der Waals surface area contributed by atoms with Gasteiger partial charge in [-0.1, -0.05) is 11.2 Å². The summed E-state index contributed by atoms with van der Waals surface area (Å²) < 4.78 is 11.9. The Kier molecular flexibility index (Phi) is 5.59. The lowest BCUT2D eigenvalue weighted by Crippen LogP contribution is -2.38. The number of fused-ring (bicyclic) bond motifs is 1. The molecular weight excluding hydrogens is 436 g/mol. The predicted molar refractivity (Wildman–Crippen MR) is 126 cm³/mol. The van der Waals surface area contributed by atoms with Crippen molar-refractivity contribution >= 4 is 16.3 Å². The number of hydrogen-bond acceptors (Lipinski definition) is 9. The summed E-state index contributed by atoms with van der Waals surface area (Å²) in [6.07, 6.45) is 5.06. The fourth-order valence-electron chi connectivity index (χ4n) is 5.26. The number of aryl methyl sites for hydroxylation is 1. The van der Waals surface area contributed by atoms with E-state index in [0.29, 0.717) is 39.9 Å². The van der Waals surface area contributed by atoms with Crippen molar-refractivity contribution in [2.24, 2.45) is 0 Å². The Morgan fingerprint density at radius 1 is 1.36 bits per heavy atom. The summed E-state index contributed by atoms with van der Waals surface area (Å²) in [6.45, 7) is 5.25. The third-order valence-corrected chi connectivity index (χ3v) is 8.11. The van der Waals surface area contributed by atoms with Gasteiger partial charge in [-0.25, -0.2) is 4.98 Å². The summed E-state index contributed by atoms with van der Waals surface area (Å²) in [5.74, 6) is 1.45. The Hall–Kier alpha value is -2.96. The Morgan fingerprint density at radius 3 is 2.97 bits per heavy atom. The average molecular weight is 465 g/mol. The quantitative estimate of drug-likeness (QED) is 0.599. The molecule has 0 amide bonds. The summed E-state index contributed by atoms with van der Waals surface area (Å²) in [5.41, 5.74) is 7.67. The van der Waals surface area contributed by atoms with Crippen molar-refractivity contribution < 1.29 is 9.26 Å². The van der Waals surface area contributed by atoms with Crippen LogP contribution in [0.5, 0.6) is 5.88 Å². The maximum absolute atomic E-state index is 9.71. The molecular formula is C24H28N6O2S. The first-order valence-electron chi connectivity index (χ1n) is 11.4. The van der Waals surface area contributed by atoms with Crippen LogP contribution >= 0.6 is 11.3 Å². The number of anilines is 1. The minimum Gasteiger partial charge on any atom is -0.473 e. The van der Waals surface area contributed by atoms with Crippen LogP contribution < -0.4 is 10.5 Å². The second kappa shape index (κ2) is 8.43. The second-order valence-electron chi connectivity index (χ2n) is 9.23. The van der Waals surface area contributed by atoms with Crippen molar-refractivity contribution in [3.05, 3.63) is 40.1 Å². The third-order valence-electron chi connectivity index (χ3n) is 7.03. The van der Waals surface area contributed by atoms with E-state index in [2.05, 4.69) is 42.0 Å². The first-order chi connectivity index (χ1) is 15.9. The van der Waals surface area contributed by atoms with Gasteiger partial charge in [0.25, 0.3) is 0 Å². The van der Waals surface area contributed by atoms with E-state index in [1.54, 1.807) is 0 Å². The number of ether oxygens (including phenoxy) is 1. The van der Waals surface area contributed by atoms with E-state index < -0.39 is 5.41 Å².